The lowest BCUT2D eigenvalue weighted by molar-refractivity contribution is -0.137. The Bertz CT molecular complexity index is 556. The van der Waals surface area contributed by atoms with Gasteiger partial charge >= 0.3 is 6.18 Å². The second-order valence-corrected chi connectivity index (χ2v) is 4.85. The second-order valence-electron chi connectivity index (χ2n) is 4.85. The molecule has 0 spiro atoms. The summed E-state index contributed by atoms with van der Waals surface area (Å²) < 4.78 is 37.4. The van der Waals surface area contributed by atoms with Crippen molar-refractivity contribution in [2.45, 2.75) is 32.6 Å². The average molecular weight is 283 g/mol. The maximum atomic E-state index is 12.5. The van der Waals surface area contributed by atoms with Gasteiger partial charge in [-0.1, -0.05) is 26.0 Å². The number of nitrogens with one attached hydrogen (secondary N) is 2. The van der Waals surface area contributed by atoms with Crippen LogP contribution in [0.15, 0.2) is 30.5 Å². The number of nitrogens with zero attached hydrogens (tertiary/aromatic N) is 1. The Morgan fingerprint density at radius 1 is 1.20 bits per heavy atom. The number of aromatic amines is 1. The second kappa shape index (κ2) is 5.66. The summed E-state index contributed by atoms with van der Waals surface area (Å²) in [7, 11) is 0. The van der Waals surface area contributed by atoms with Gasteiger partial charge in [-0.2, -0.15) is 13.2 Å². The minimum Gasteiger partial charge on any atom is -0.341 e. The van der Waals surface area contributed by atoms with E-state index >= 15 is 0 Å². The van der Waals surface area contributed by atoms with Crippen LogP contribution in [-0.4, -0.2) is 16.0 Å². The van der Waals surface area contributed by atoms with Crippen LogP contribution in [0, 0.1) is 0 Å². The molecule has 0 aliphatic heterocycles. The number of alkyl halides is 3. The Hall–Kier alpha value is -1.82. The molecule has 3 nitrogen and oxygen atoms in total. The highest BCUT2D eigenvalue weighted by molar-refractivity contribution is 5.58. The zero-order valence-electron chi connectivity index (χ0n) is 11.3. The third kappa shape index (κ3) is 3.60. The van der Waals surface area contributed by atoms with Gasteiger partial charge in [0.2, 0.25) is 0 Å². The molecule has 0 amide bonds. The number of rotatable bonds is 4. The lowest BCUT2D eigenvalue weighted by atomic mass is 10.1. The first kappa shape index (κ1) is 14.6. The first-order chi connectivity index (χ1) is 9.36. The van der Waals surface area contributed by atoms with Crippen LogP contribution in [0.4, 0.5) is 13.2 Å². The Kier molecular flexibility index (Phi) is 4.13. The Morgan fingerprint density at radius 2 is 1.85 bits per heavy atom. The SMILES string of the molecule is CC(C)NCc1ncc(-c2ccc(C(F)(F)F)cc2)[nH]1. The van der Waals surface area contributed by atoms with Crippen LogP contribution in [0.5, 0.6) is 0 Å². The zero-order chi connectivity index (χ0) is 14.8. The molecule has 0 aliphatic carbocycles. The van der Waals surface area contributed by atoms with Gasteiger partial charge in [-0.15, -0.1) is 0 Å². The molecule has 0 unspecified atom stereocenters. The van der Waals surface area contributed by atoms with E-state index in [2.05, 4.69) is 15.3 Å². The third-order valence-electron chi connectivity index (χ3n) is 2.83. The predicted octanol–water partition coefficient (Wildman–Crippen LogP) is 3.59. The largest absolute Gasteiger partial charge is 0.416 e. The molecule has 1 aromatic carbocycles. The summed E-state index contributed by atoms with van der Waals surface area (Å²) in [6, 6.07) is 5.37. The molecule has 0 aliphatic rings. The quantitative estimate of drug-likeness (QED) is 0.900. The number of H-pyrrole nitrogens is 1. The van der Waals surface area contributed by atoms with Crippen molar-refractivity contribution in [1.29, 1.82) is 0 Å². The van der Waals surface area contributed by atoms with Crippen LogP contribution in [0.2, 0.25) is 0 Å². The number of hydrogen-bond donors (Lipinski definition) is 2. The molecular weight excluding hydrogens is 267 g/mol. The normalized spacial score (nSPS) is 12.1. The highest BCUT2D eigenvalue weighted by Crippen LogP contribution is 2.30. The standard InChI is InChI=1S/C14H16F3N3/c1-9(2)18-8-13-19-7-12(20-13)10-3-5-11(6-4-10)14(15,16)17/h3-7,9,18H,8H2,1-2H3,(H,19,20). The Balaban J connectivity index is 2.12. The fraction of sp³-hybridized carbons (Fsp3) is 0.357. The van der Waals surface area contributed by atoms with Gasteiger partial charge in [0.1, 0.15) is 5.82 Å². The molecule has 1 aromatic heterocycles. The molecule has 1 heterocycles. The monoisotopic (exact) mass is 283 g/mol. The highest BCUT2D eigenvalue weighted by atomic mass is 19.4. The average Bonchev–Trinajstić information content (AvgIpc) is 2.84. The van der Waals surface area contributed by atoms with Crippen LogP contribution in [-0.2, 0) is 12.7 Å². The van der Waals surface area contributed by atoms with E-state index in [1.165, 1.54) is 12.1 Å². The van der Waals surface area contributed by atoms with E-state index in [0.717, 1.165) is 18.0 Å². The molecule has 2 rings (SSSR count). The first-order valence-electron chi connectivity index (χ1n) is 6.31. The maximum Gasteiger partial charge on any atom is 0.416 e. The summed E-state index contributed by atoms with van der Waals surface area (Å²) in [5.41, 5.74) is 0.739. The van der Waals surface area contributed by atoms with E-state index in [9.17, 15) is 13.2 Å². The van der Waals surface area contributed by atoms with E-state index in [1.54, 1.807) is 6.20 Å². The van der Waals surface area contributed by atoms with Crippen LogP contribution in [0.25, 0.3) is 11.3 Å². The molecule has 108 valence electrons. The van der Waals surface area contributed by atoms with Crippen LogP contribution >= 0.6 is 0 Å². The molecule has 0 saturated carbocycles. The van der Waals surface area contributed by atoms with E-state index in [4.69, 9.17) is 0 Å². The molecule has 20 heavy (non-hydrogen) atoms. The summed E-state index contributed by atoms with van der Waals surface area (Å²) in [6.07, 6.45) is -2.68. The van der Waals surface area contributed by atoms with E-state index < -0.39 is 11.7 Å². The molecule has 0 radical (unpaired) electrons. The van der Waals surface area contributed by atoms with Crippen molar-refractivity contribution < 1.29 is 13.2 Å². The van der Waals surface area contributed by atoms with Gasteiger partial charge in [0.25, 0.3) is 0 Å². The van der Waals surface area contributed by atoms with E-state index in [1.807, 2.05) is 13.8 Å². The minimum absolute atomic E-state index is 0.342. The Labute approximate surface area is 115 Å². The minimum atomic E-state index is -4.31. The van der Waals surface area contributed by atoms with Gasteiger partial charge in [0.05, 0.1) is 24.0 Å². The number of halogens is 3. The van der Waals surface area contributed by atoms with Crippen molar-refractivity contribution in [3.63, 3.8) is 0 Å². The van der Waals surface area contributed by atoms with Gasteiger partial charge < -0.3 is 10.3 Å². The van der Waals surface area contributed by atoms with E-state index in [0.29, 0.717) is 23.8 Å². The zero-order valence-corrected chi connectivity index (χ0v) is 11.3. The molecule has 2 N–H and O–H groups in total. The molecule has 0 saturated heterocycles. The molecule has 6 heteroatoms. The summed E-state index contributed by atoms with van der Waals surface area (Å²) in [4.78, 5) is 7.28. The van der Waals surface area contributed by atoms with Crippen molar-refractivity contribution >= 4 is 0 Å². The molecular formula is C14H16F3N3. The van der Waals surface area contributed by atoms with Crippen molar-refractivity contribution in [2.75, 3.05) is 0 Å². The molecule has 0 fully saturated rings. The lowest BCUT2D eigenvalue weighted by Crippen LogP contribution is -2.22. The van der Waals surface area contributed by atoms with Gasteiger partial charge in [0.15, 0.2) is 0 Å². The van der Waals surface area contributed by atoms with E-state index in [-0.39, 0.29) is 0 Å². The first-order valence-corrected chi connectivity index (χ1v) is 6.31. The van der Waals surface area contributed by atoms with Crippen LogP contribution in [0.1, 0.15) is 25.2 Å². The van der Waals surface area contributed by atoms with Gasteiger partial charge in [-0.3, -0.25) is 0 Å². The van der Waals surface area contributed by atoms with Crippen molar-refractivity contribution in [2.24, 2.45) is 0 Å². The van der Waals surface area contributed by atoms with Crippen molar-refractivity contribution in [1.82, 2.24) is 15.3 Å². The summed E-state index contributed by atoms with van der Waals surface area (Å²) in [5.74, 6) is 0.758. The number of benzene rings is 1. The topological polar surface area (TPSA) is 40.7 Å². The van der Waals surface area contributed by atoms with Crippen LogP contribution in [0.3, 0.4) is 0 Å². The lowest BCUT2D eigenvalue weighted by Gasteiger charge is -2.07. The van der Waals surface area contributed by atoms with Gasteiger partial charge in [0, 0.05) is 6.04 Å². The number of aromatic nitrogens is 2. The molecule has 0 atom stereocenters. The summed E-state index contributed by atoms with van der Waals surface area (Å²) in [6.45, 7) is 4.65. The number of hydrogen-bond acceptors (Lipinski definition) is 2. The summed E-state index contributed by atoms with van der Waals surface area (Å²) >= 11 is 0. The third-order valence-corrected chi connectivity index (χ3v) is 2.83. The number of imidazole rings is 1. The van der Waals surface area contributed by atoms with Gasteiger partial charge in [-0.05, 0) is 17.7 Å². The van der Waals surface area contributed by atoms with Crippen molar-refractivity contribution in [3.8, 4) is 11.3 Å². The molecule has 0 bridgehead atoms. The fourth-order valence-electron chi connectivity index (χ4n) is 1.74. The fourth-order valence-corrected chi connectivity index (χ4v) is 1.74. The van der Waals surface area contributed by atoms with Crippen molar-refractivity contribution in [3.05, 3.63) is 41.9 Å². The van der Waals surface area contributed by atoms with Gasteiger partial charge in [-0.25, -0.2) is 4.98 Å². The molecule has 2 aromatic rings. The maximum absolute atomic E-state index is 12.5. The predicted molar refractivity (Wildman–Crippen MR) is 71.0 cm³/mol. The Morgan fingerprint density at radius 3 is 2.40 bits per heavy atom. The smallest absolute Gasteiger partial charge is 0.341 e. The highest BCUT2D eigenvalue weighted by Gasteiger charge is 2.29. The summed E-state index contributed by atoms with van der Waals surface area (Å²) in [5, 5.41) is 3.21. The van der Waals surface area contributed by atoms with Crippen LogP contribution < -0.4 is 5.32 Å².